The molecule has 0 saturated heterocycles. The molecule has 0 aliphatic rings. The van der Waals surface area contributed by atoms with Gasteiger partial charge in [0.25, 0.3) is 5.91 Å². The van der Waals surface area contributed by atoms with Crippen LogP contribution in [-0.4, -0.2) is 25.7 Å². The van der Waals surface area contributed by atoms with Crippen LogP contribution in [0.4, 0.5) is 5.69 Å². The lowest BCUT2D eigenvalue weighted by molar-refractivity contribution is 0.102. The molecule has 0 heterocycles. The highest BCUT2D eigenvalue weighted by Gasteiger charge is 2.19. The lowest BCUT2D eigenvalue weighted by atomic mass is 10.1. The Bertz CT molecular complexity index is 796. The van der Waals surface area contributed by atoms with Crippen molar-refractivity contribution in [2.24, 2.45) is 0 Å². The number of unbranched alkanes of at least 4 members (excludes halogenated alkanes) is 1. The maximum absolute atomic E-state index is 12.9. The third-order valence-electron chi connectivity index (χ3n) is 4.27. The number of rotatable bonds is 11. The van der Waals surface area contributed by atoms with E-state index in [1.807, 2.05) is 32.9 Å². The van der Waals surface area contributed by atoms with Gasteiger partial charge in [0.2, 0.25) is 5.75 Å². The molecular formula is C23H30BrNO4. The van der Waals surface area contributed by atoms with Crippen LogP contribution < -0.4 is 19.5 Å². The number of hydrogen-bond donors (Lipinski definition) is 1. The van der Waals surface area contributed by atoms with Crippen LogP contribution in [0, 0.1) is 0 Å². The monoisotopic (exact) mass is 463 g/mol. The zero-order chi connectivity index (χ0) is 21.2. The predicted molar refractivity (Wildman–Crippen MR) is 121 cm³/mol. The average Bonchev–Trinajstić information content (AvgIpc) is 2.70. The highest BCUT2D eigenvalue weighted by molar-refractivity contribution is 9.10. The SMILES string of the molecule is CCCCc1ccc(NC(=O)c2cc(OCC)c(OCC)c(OCC)c2)c(Br)c1. The van der Waals surface area contributed by atoms with Gasteiger partial charge in [0.15, 0.2) is 11.5 Å². The molecule has 0 bridgehead atoms. The van der Waals surface area contributed by atoms with E-state index in [1.54, 1.807) is 12.1 Å². The second-order valence-electron chi connectivity index (χ2n) is 6.47. The van der Waals surface area contributed by atoms with Crippen LogP contribution in [-0.2, 0) is 6.42 Å². The third-order valence-corrected chi connectivity index (χ3v) is 4.93. The van der Waals surface area contributed by atoms with Crippen molar-refractivity contribution in [3.8, 4) is 17.2 Å². The Labute approximate surface area is 181 Å². The van der Waals surface area contributed by atoms with Crippen LogP contribution in [0.15, 0.2) is 34.8 Å². The van der Waals surface area contributed by atoms with Gasteiger partial charge in [-0.2, -0.15) is 0 Å². The number of benzene rings is 2. The number of aryl methyl sites for hydroxylation is 1. The molecule has 0 aromatic heterocycles. The van der Waals surface area contributed by atoms with Gasteiger partial charge in [-0.1, -0.05) is 19.4 Å². The molecular weight excluding hydrogens is 434 g/mol. The number of nitrogens with one attached hydrogen (secondary N) is 1. The molecule has 0 aliphatic carbocycles. The summed E-state index contributed by atoms with van der Waals surface area (Å²) in [5, 5.41) is 2.96. The molecule has 5 nitrogen and oxygen atoms in total. The zero-order valence-electron chi connectivity index (χ0n) is 17.6. The zero-order valence-corrected chi connectivity index (χ0v) is 19.2. The van der Waals surface area contributed by atoms with Crippen LogP contribution >= 0.6 is 15.9 Å². The summed E-state index contributed by atoms with van der Waals surface area (Å²) in [5.41, 5.74) is 2.41. The standard InChI is InChI=1S/C23H30BrNO4/c1-5-9-10-16-11-12-19(18(24)13-16)25-23(26)17-14-20(27-6-2)22(29-8-4)21(15-17)28-7-3/h11-15H,5-10H2,1-4H3,(H,25,26). The molecule has 0 aliphatic heterocycles. The first-order valence-corrected chi connectivity index (χ1v) is 11.0. The summed E-state index contributed by atoms with van der Waals surface area (Å²) >= 11 is 3.57. The first kappa shape index (κ1) is 23.1. The van der Waals surface area contributed by atoms with Crippen molar-refractivity contribution in [2.45, 2.75) is 47.0 Å². The van der Waals surface area contributed by atoms with Crippen LogP contribution in [0.2, 0.25) is 0 Å². The summed E-state index contributed by atoms with van der Waals surface area (Å²) < 4.78 is 18.0. The summed E-state index contributed by atoms with van der Waals surface area (Å²) in [5.74, 6) is 1.28. The Balaban J connectivity index is 2.29. The maximum Gasteiger partial charge on any atom is 0.255 e. The van der Waals surface area contributed by atoms with E-state index in [-0.39, 0.29) is 5.91 Å². The Morgan fingerprint density at radius 1 is 0.931 bits per heavy atom. The Morgan fingerprint density at radius 3 is 2.07 bits per heavy atom. The van der Waals surface area contributed by atoms with Crippen molar-refractivity contribution in [3.05, 3.63) is 45.9 Å². The summed E-state index contributed by atoms with van der Waals surface area (Å²) in [6.45, 7) is 9.24. The molecule has 1 amide bonds. The number of anilines is 1. The van der Waals surface area contributed by atoms with Crippen molar-refractivity contribution in [1.82, 2.24) is 0 Å². The molecule has 1 N–H and O–H groups in total. The minimum absolute atomic E-state index is 0.239. The van der Waals surface area contributed by atoms with Crippen molar-refractivity contribution in [1.29, 1.82) is 0 Å². The fourth-order valence-electron chi connectivity index (χ4n) is 2.91. The number of amides is 1. The number of hydrogen-bond acceptors (Lipinski definition) is 4. The first-order chi connectivity index (χ1) is 14.0. The number of carbonyl (C=O) groups excluding carboxylic acids is 1. The fraction of sp³-hybridized carbons (Fsp3) is 0.435. The molecule has 0 unspecified atom stereocenters. The van der Waals surface area contributed by atoms with Crippen molar-refractivity contribution < 1.29 is 19.0 Å². The first-order valence-electron chi connectivity index (χ1n) is 10.2. The van der Waals surface area contributed by atoms with Crippen LogP contribution in [0.3, 0.4) is 0 Å². The number of carbonyl (C=O) groups is 1. The van der Waals surface area contributed by atoms with Gasteiger partial charge in [-0.05, 0) is 79.4 Å². The molecule has 2 rings (SSSR count). The molecule has 2 aromatic rings. The van der Waals surface area contributed by atoms with Gasteiger partial charge in [-0.25, -0.2) is 0 Å². The second-order valence-corrected chi connectivity index (χ2v) is 7.33. The molecule has 6 heteroatoms. The van der Waals surface area contributed by atoms with E-state index >= 15 is 0 Å². The van der Waals surface area contributed by atoms with Crippen molar-refractivity contribution in [2.75, 3.05) is 25.1 Å². The normalized spacial score (nSPS) is 10.5. The molecule has 29 heavy (non-hydrogen) atoms. The topological polar surface area (TPSA) is 56.8 Å². The molecule has 158 valence electrons. The molecule has 0 radical (unpaired) electrons. The summed E-state index contributed by atoms with van der Waals surface area (Å²) in [6.07, 6.45) is 3.32. The van der Waals surface area contributed by atoms with Gasteiger partial charge in [-0.15, -0.1) is 0 Å². The van der Waals surface area contributed by atoms with Crippen molar-refractivity contribution in [3.63, 3.8) is 0 Å². The van der Waals surface area contributed by atoms with E-state index in [2.05, 4.69) is 34.2 Å². The molecule has 2 aromatic carbocycles. The van der Waals surface area contributed by atoms with Crippen LogP contribution in [0.25, 0.3) is 0 Å². The van der Waals surface area contributed by atoms with Crippen molar-refractivity contribution >= 4 is 27.5 Å². The predicted octanol–water partition coefficient (Wildman–Crippen LogP) is 6.24. The lowest BCUT2D eigenvalue weighted by Crippen LogP contribution is -2.14. The summed E-state index contributed by atoms with van der Waals surface area (Å²) in [6, 6.07) is 9.41. The summed E-state index contributed by atoms with van der Waals surface area (Å²) in [7, 11) is 0. The Morgan fingerprint density at radius 2 is 1.55 bits per heavy atom. The van der Waals surface area contributed by atoms with Gasteiger partial charge < -0.3 is 19.5 Å². The quantitative estimate of drug-likeness (QED) is 0.428. The average molecular weight is 464 g/mol. The third kappa shape index (κ3) is 6.39. The number of halogens is 1. The van der Waals surface area contributed by atoms with Crippen LogP contribution in [0.5, 0.6) is 17.2 Å². The second kappa shape index (κ2) is 11.7. The smallest absolute Gasteiger partial charge is 0.255 e. The van der Waals surface area contributed by atoms with E-state index in [4.69, 9.17) is 14.2 Å². The fourth-order valence-corrected chi connectivity index (χ4v) is 3.44. The van der Waals surface area contributed by atoms with E-state index in [0.29, 0.717) is 42.6 Å². The van der Waals surface area contributed by atoms with E-state index in [1.165, 1.54) is 5.56 Å². The van der Waals surface area contributed by atoms with E-state index < -0.39 is 0 Å². The van der Waals surface area contributed by atoms with Gasteiger partial charge >= 0.3 is 0 Å². The Kier molecular flexibility index (Phi) is 9.32. The highest BCUT2D eigenvalue weighted by atomic mass is 79.9. The van der Waals surface area contributed by atoms with Gasteiger partial charge in [-0.3, -0.25) is 4.79 Å². The lowest BCUT2D eigenvalue weighted by Gasteiger charge is -2.17. The molecule has 0 spiro atoms. The van der Waals surface area contributed by atoms with Gasteiger partial charge in [0.1, 0.15) is 0 Å². The molecule has 0 fully saturated rings. The molecule has 0 atom stereocenters. The van der Waals surface area contributed by atoms with E-state index in [9.17, 15) is 4.79 Å². The highest BCUT2D eigenvalue weighted by Crippen LogP contribution is 2.39. The minimum atomic E-state index is -0.239. The summed E-state index contributed by atoms with van der Waals surface area (Å²) in [4.78, 5) is 12.9. The maximum atomic E-state index is 12.9. The van der Waals surface area contributed by atoms with Gasteiger partial charge in [0.05, 0.1) is 25.5 Å². The minimum Gasteiger partial charge on any atom is -0.490 e. The van der Waals surface area contributed by atoms with Gasteiger partial charge in [0, 0.05) is 10.0 Å². The van der Waals surface area contributed by atoms with Crippen LogP contribution in [0.1, 0.15) is 56.5 Å². The number of ether oxygens (including phenoxy) is 3. The largest absolute Gasteiger partial charge is 0.490 e. The Hall–Kier alpha value is -2.21. The molecule has 0 saturated carbocycles. The van der Waals surface area contributed by atoms with E-state index in [0.717, 1.165) is 29.4 Å².